The number of nitrogens with one attached hydrogen (secondary N) is 1. The van der Waals surface area contributed by atoms with Gasteiger partial charge in [0.25, 0.3) is 10.0 Å². The molecule has 0 aliphatic carbocycles. The van der Waals surface area contributed by atoms with Crippen LogP contribution in [-0.2, 0) is 26.2 Å². The molecule has 1 N–H and O–H groups in total. The summed E-state index contributed by atoms with van der Waals surface area (Å²) < 4.78 is 51.2. The Labute approximate surface area is 270 Å². The summed E-state index contributed by atoms with van der Waals surface area (Å²) in [6.07, 6.45) is 0.688. The second-order valence-corrected chi connectivity index (χ2v) is 12.5. The zero-order valence-electron chi connectivity index (χ0n) is 26.5. The van der Waals surface area contributed by atoms with Gasteiger partial charge in [-0.25, -0.2) is 8.42 Å². The molecule has 45 heavy (non-hydrogen) atoms. The molecule has 0 bridgehead atoms. The van der Waals surface area contributed by atoms with E-state index in [9.17, 15) is 18.0 Å². The highest BCUT2D eigenvalue weighted by Crippen LogP contribution is 2.37. The lowest BCUT2D eigenvalue weighted by molar-refractivity contribution is -0.139. The quantitative estimate of drug-likeness (QED) is 0.244. The molecule has 0 aliphatic heterocycles. The monoisotopic (exact) mass is 661 g/mol. The molecule has 0 heterocycles. The number of carbonyl (C=O) groups excluding carboxylic acids is 2. The van der Waals surface area contributed by atoms with E-state index < -0.39 is 28.5 Å². The lowest BCUT2D eigenvalue weighted by atomic mass is 10.1. The zero-order chi connectivity index (χ0) is 33.3. The topological polar surface area (TPSA) is 124 Å². The first-order valence-corrected chi connectivity index (χ1v) is 16.0. The number of sulfonamides is 1. The Morgan fingerprint density at radius 3 is 2.13 bits per heavy atom. The van der Waals surface area contributed by atoms with E-state index in [1.165, 1.54) is 57.6 Å². The third kappa shape index (κ3) is 8.52. The van der Waals surface area contributed by atoms with Gasteiger partial charge < -0.3 is 29.2 Å². The Balaban J connectivity index is 2.17. The molecule has 2 atom stereocenters. The minimum absolute atomic E-state index is 0.00597. The fourth-order valence-electron chi connectivity index (χ4n) is 4.49. The number of anilines is 1. The van der Waals surface area contributed by atoms with E-state index in [2.05, 4.69) is 5.32 Å². The van der Waals surface area contributed by atoms with Gasteiger partial charge in [0.15, 0.2) is 11.5 Å². The molecule has 3 rings (SSSR count). The summed E-state index contributed by atoms with van der Waals surface area (Å²) in [5.74, 6) is -0.00426. The van der Waals surface area contributed by atoms with E-state index in [1.807, 2.05) is 13.8 Å². The summed E-state index contributed by atoms with van der Waals surface area (Å²) in [5, 5.41) is 3.36. The Hall–Kier alpha value is -4.16. The molecule has 0 aromatic heterocycles. The van der Waals surface area contributed by atoms with Crippen molar-refractivity contribution >= 4 is 39.1 Å². The Bertz CT molecular complexity index is 1600. The molecule has 0 fully saturated rings. The van der Waals surface area contributed by atoms with Gasteiger partial charge in [0.1, 0.15) is 24.1 Å². The van der Waals surface area contributed by atoms with Crippen LogP contribution in [0.1, 0.15) is 32.8 Å². The average molecular weight is 662 g/mol. The number of carbonyl (C=O) groups is 2. The molecule has 0 radical (unpaired) electrons. The van der Waals surface area contributed by atoms with Crippen molar-refractivity contribution in [2.75, 3.05) is 39.3 Å². The maximum absolute atomic E-state index is 14.4. The van der Waals surface area contributed by atoms with E-state index >= 15 is 0 Å². The van der Waals surface area contributed by atoms with Crippen LogP contribution in [0.15, 0.2) is 65.6 Å². The number of hydrogen-bond donors (Lipinski definition) is 1. The maximum atomic E-state index is 14.4. The number of amides is 2. The van der Waals surface area contributed by atoms with E-state index in [-0.39, 0.29) is 40.6 Å². The van der Waals surface area contributed by atoms with E-state index in [0.29, 0.717) is 28.5 Å². The molecule has 3 aromatic rings. The third-order valence-electron chi connectivity index (χ3n) is 7.29. The van der Waals surface area contributed by atoms with E-state index in [4.69, 9.17) is 30.5 Å². The second kappa shape index (κ2) is 15.7. The molecule has 3 aromatic carbocycles. The van der Waals surface area contributed by atoms with Gasteiger partial charge in [-0.05, 0) is 62.2 Å². The van der Waals surface area contributed by atoms with Crippen LogP contribution in [0.2, 0.25) is 5.02 Å². The molecule has 11 nitrogen and oxygen atoms in total. The molecule has 0 saturated carbocycles. The molecule has 244 valence electrons. The molecule has 13 heteroatoms. The SMILES string of the molecule is CC[C@@H](C)NC(=O)[C@H](C)N(Cc1cccc(Cl)c1)C(=O)CN(c1cc(OC)ccc1OC)S(=O)(=O)c1ccc(OC)c(OC)c1. The highest BCUT2D eigenvalue weighted by Gasteiger charge is 2.35. The number of halogens is 1. The van der Waals surface area contributed by atoms with Gasteiger partial charge in [-0.1, -0.05) is 30.7 Å². The Morgan fingerprint density at radius 2 is 1.53 bits per heavy atom. The van der Waals surface area contributed by atoms with Gasteiger partial charge in [-0.15, -0.1) is 0 Å². The van der Waals surface area contributed by atoms with Crippen molar-refractivity contribution in [3.8, 4) is 23.0 Å². The van der Waals surface area contributed by atoms with E-state index in [0.717, 1.165) is 4.31 Å². The van der Waals surface area contributed by atoms with Crippen molar-refractivity contribution in [3.63, 3.8) is 0 Å². The highest BCUT2D eigenvalue weighted by atomic mass is 35.5. The smallest absolute Gasteiger partial charge is 0.265 e. The van der Waals surface area contributed by atoms with Crippen molar-refractivity contribution in [1.29, 1.82) is 0 Å². The lowest BCUT2D eigenvalue weighted by Crippen LogP contribution is -2.52. The maximum Gasteiger partial charge on any atom is 0.265 e. The van der Waals surface area contributed by atoms with Gasteiger partial charge in [0.05, 0.1) is 39.0 Å². The Morgan fingerprint density at radius 1 is 0.867 bits per heavy atom. The molecular formula is C32H40ClN3O8S. The minimum atomic E-state index is -4.45. The zero-order valence-corrected chi connectivity index (χ0v) is 28.1. The van der Waals surface area contributed by atoms with Crippen LogP contribution in [0.25, 0.3) is 0 Å². The summed E-state index contributed by atoms with van der Waals surface area (Å²) >= 11 is 6.22. The van der Waals surface area contributed by atoms with Crippen LogP contribution >= 0.6 is 11.6 Å². The predicted molar refractivity (Wildman–Crippen MR) is 173 cm³/mol. The van der Waals surface area contributed by atoms with E-state index in [1.54, 1.807) is 43.3 Å². The number of methoxy groups -OCH3 is 4. The van der Waals surface area contributed by atoms with Crippen LogP contribution in [0, 0.1) is 0 Å². The van der Waals surface area contributed by atoms with Crippen LogP contribution in [0.3, 0.4) is 0 Å². The molecular weight excluding hydrogens is 622 g/mol. The third-order valence-corrected chi connectivity index (χ3v) is 9.28. The average Bonchev–Trinajstić information content (AvgIpc) is 3.04. The molecule has 2 amide bonds. The number of benzene rings is 3. The molecule has 0 saturated heterocycles. The van der Waals surface area contributed by atoms with Crippen LogP contribution in [0.4, 0.5) is 5.69 Å². The van der Waals surface area contributed by atoms with Crippen molar-refractivity contribution in [3.05, 3.63) is 71.2 Å². The van der Waals surface area contributed by atoms with Crippen molar-refractivity contribution in [2.24, 2.45) is 0 Å². The van der Waals surface area contributed by atoms with Gasteiger partial charge in [0, 0.05) is 29.7 Å². The second-order valence-electron chi connectivity index (χ2n) is 10.2. The first-order valence-electron chi connectivity index (χ1n) is 14.2. The fourth-order valence-corrected chi connectivity index (χ4v) is 6.13. The van der Waals surface area contributed by atoms with Gasteiger partial charge in [-0.3, -0.25) is 13.9 Å². The molecule has 0 spiro atoms. The van der Waals surface area contributed by atoms with Crippen LogP contribution in [-0.4, -0.2) is 72.2 Å². The standard InChI is InChI=1S/C32H40ClN3O8S/c1-8-21(2)34-32(38)22(3)35(19-23-10-9-11-24(33)16-23)31(37)20-36(27-17-25(41-4)12-14-28(27)42-5)45(39,40)26-13-15-29(43-6)30(18-26)44-7/h9-18,21-22H,8,19-20H2,1-7H3,(H,34,38)/t21-,22+/m1/s1. The van der Waals surface area contributed by atoms with Crippen molar-refractivity contribution < 1.29 is 37.0 Å². The summed E-state index contributed by atoms with van der Waals surface area (Å²) in [4.78, 5) is 28.7. The summed E-state index contributed by atoms with van der Waals surface area (Å²) in [7, 11) is 1.20. The highest BCUT2D eigenvalue weighted by molar-refractivity contribution is 7.92. The number of ether oxygens (including phenoxy) is 4. The summed E-state index contributed by atoms with van der Waals surface area (Å²) in [6, 6.07) is 14.5. The van der Waals surface area contributed by atoms with Gasteiger partial charge in [-0.2, -0.15) is 0 Å². The minimum Gasteiger partial charge on any atom is -0.497 e. The molecule has 0 aliphatic rings. The lowest BCUT2D eigenvalue weighted by Gasteiger charge is -2.33. The first-order chi connectivity index (χ1) is 21.4. The normalized spacial score (nSPS) is 12.4. The van der Waals surface area contributed by atoms with Gasteiger partial charge >= 0.3 is 0 Å². The van der Waals surface area contributed by atoms with Crippen molar-refractivity contribution in [2.45, 2.75) is 50.7 Å². The number of nitrogens with zero attached hydrogens (tertiary/aromatic N) is 2. The largest absolute Gasteiger partial charge is 0.497 e. The fraction of sp³-hybridized carbons (Fsp3) is 0.375. The van der Waals surface area contributed by atoms with Crippen LogP contribution < -0.4 is 28.6 Å². The first kappa shape index (κ1) is 35.3. The summed E-state index contributed by atoms with van der Waals surface area (Å²) in [5.41, 5.74) is 0.715. The summed E-state index contributed by atoms with van der Waals surface area (Å²) in [6.45, 7) is 4.71. The predicted octanol–water partition coefficient (Wildman–Crippen LogP) is 4.90. The van der Waals surface area contributed by atoms with Crippen molar-refractivity contribution in [1.82, 2.24) is 10.2 Å². The Kier molecular flexibility index (Phi) is 12.3. The molecule has 0 unspecified atom stereocenters. The number of hydrogen-bond acceptors (Lipinski definition) is 8. The number of rotatable bonds is 15. The van der Waals surface area contributed by atoms with Gasteiger partial charge in [0.2, 0.25) is 11.8 Å². The van der Waals surface area contributed by atoms with Crippen LogP contribution in [0.5, 0.6) is 23.0 Å².